The summed E-state index contributed by atoms with van der Waals surface area (Å²) < 4.78 is 3.04. The summed E-state index contributed by atoms with van der Waals surface area (Å²) >= 11 is 0. The molecule has 1 saturated carbocycles. The number of nitrogens with zero attached hydrogens (tertiary/aromatic N) is 4. The third kappa shape index (κ3) is 3.41. The van der Waals surface area contributed by atoms with Crippen molar-refractivity contribution in [1.82, 2.24) is 4.98 Å². The monoisotopic (exact) mass is 353 g/mol. The highest BCUT2D eigenvalue weighted by Gasteiger charge is 2.24. The van der Waals surface area contributed by atoms with Crippen LogP contribution in [-0.2, 0) is 6.54 Å². The number of aromatic nitrogens is 3. The number of hydrogen-bond acceptors (Lipinski definition) is 4. The first-order chi connectivity index (χ1) is 12.7. The lowest BCUT2D eigenvalue weighted by atomic mass is 9.87. The van der Waals surface area contributed by atoms with Gasteiger partial charge in [-0.15, -0.1) is 14.5 Å². The summed E-state index contributed by atoms with van der Waals surface area (Å²) in [6, 6.07) is 6.01. The summed E-state index contributed by atoms with van der Waals surface area (Å²) in [5.74, 6) is 1.55. The van der Waals surface area contributed by atoms with Gasteiger partial charge in [-0.05, 0) is 25.3 Å². The molecule has 0 saturated heterocycles. The quantitative estimate of drug-likeness (QED) is 0.639. The number of rotatable bonds is 5. The molecule has 2 aliphatic rings. The van der Waals surface area contributed by atoms with Gasteiger partial charge in [0.2, 0.25) is 18.2 Å². The molecule has 6 heteroatoms. The largest absolute Gasteiger partial charge is 0.299 e. The van der Waals surface area contributed by atoms with Crippen molar-refractivity contribution in [2.24, 2.45) is 5.11 Å². The van der Waals surface area contributed by atoms with Crippen molar-refractivity contribution < 1.29 is 14.3 Å². The van der Waals surface area contributed by atoms with Gasteiger partial charge in [-0.1, -0.05) is 26.2 Å². The fourth-order valence-electron chi connectivity index (χ4n) is 3.93. The molecule has 0 unspecified atom stereocenters. The van der Waals surface area contributed by atoms with Crippen molar-refractivity contribution in [1.29, 1.82) is 0 Å². The second-order valence-corrected chi connectivity index (χ2v) is 7.24. The van der Waals surface area contributed by atoms with Crippen molar-refractivity contribution in [3.8, 4) is 0 Å². The van der Waals surface area contributed by atoms with E-state index in [2.05, 4.69) is 23.4 Å². The van der Waals surface area contributed by atoms with Gasteiger partial charge in [0.1, 0.15) is 12.2 Å². The fraction of sp³-hybridized carbons (Fsp3) is 0.500. The van der Waals surface area contributed by atoms with E-state index in [0.29, 0.717) is 12.5 Å². The van der Waals surface area contributed by atoms with E-state index < -0.39 is 0 Å². The molecule has 0 aromatic carbocycles. The lowest BCUT2D eigenvalue weighted by Crippen LogP contribution is -2.41. The average molecular weight is 353 g/mol. The van der Waals surface area contributed by atoms with Gasteiger partial charge >= 0.3 is 0 Å². The maximum absolute atomic E-state index is 9.60. The van der Waals surface area contributed by atoms with Gasteiger partial charge in [0.15, 0.2) is 0 Å². The van der Waals surface area contributed by atoms with Crippen molar-refractivity contribution in [3.63, 3.8) is 0 Å². The molecule has 4 rings (SSSR count). The Kier molecular flexibility index (Phi) is 4.82. The van der Waals surface area contributed by atoms with E-state index in [9.17, 15) is 5.21 Å². The Morgan fingerprint density at radius 1 is 1.27 bits per heavy atom. The summed E-state index contributed by atoms with van der Waals surface area (Å²) in [5, 5.41) is 17.8. The van der Waals surface area contributed by atoms with Crippen LogP contribution in [0.15, 0.2) is 35.7 Å². The van der Waals surface area contributed by atoms with E-state index in [1.54, 1.807) is 12.4 Å². The molecule has 136 valence electrons. The molecule has 26 heavy (non-hydrogen) atoms. The first-order valence-electron chi connectivity index (χ1n) is 9.67. The van der Waals surface area contributed by atoms with Gasteiger partial charge < -0.3 is 0 Å². The SMILES string of the molecule is CCC1=c2nc(C3CCCCC3)cc(NCc3ccc[n+](O)c3)[n+]2=NC1. The number of anilines is 1. The third-order valence-corrected chi connectivity index (χ3v) is 5.44. The summed E-state index contributed by atoms with van der Waals surface area (Å²) in [6.45, 7) is 3.53. The van der Waals surface area contributed by atoms with Crippen LogP contribution in [0, 0.1) is 0 Å². The lowest BCUT2D eigenvalue weighted by molar-refractivity contribution is -0.905. The highest BCUT2D eigenvalue weighted by atomic mass is 16.5. The minimum atomic E-state index is 0.560. The molecule has 1 fully saturated rings. The van der Waals surface area contributed by atoms with Crippen LogP contribution in [0.25, 0.3) is 5.57 Å². The van der Waals surface area contributed by atoms with Crippen LogP contribution in [0.3, 0.4) is 0 Å². The Labute approximate surface area is 153 Å². The van der Waals surface area contributed by atoms with E-state index >= 15 is 0 Å². The van der Waals surface area contributed by atoms with Gasteiger partial charge in [0, 0.05) is 22.3 Å². The zero-order valence-corrected chi connectivity index (χ0v) is 15.4. The van der Waals surface area contributed by atoms with E-state index in [0.717, 1.165) is 34.6 Å². The molecule has 1 aliphatic heterocycles. The number of nitrogens with one attached hydrogen (secondary N) is 1. The van der Waals surface area contributed by atoms with Gasteiger partial charge in [0.25, 0.3) is 5.48 Å². The molecule has 0 radical (unpaired) electrons. The van der Waals surface area contributed by atoms with Crippen LogP contribution in [0.4, 0.5) is 5.82 Å². The average Bonchev–Trinajstić information content (AvgIpc) is 3.10. The maximum Gasteiger partial charge on any atom is 0.287 e. The van der Waals surface area contributed by atoms with Crippen molar-refractivity contribution >= 4 is 11.4 Å². The molecular formula is C20H27N5O+2. The zero-order valence-electron chi connectivity index (χ0n) is 15.4. The Hall–Kier alpha value is -2.50. The molecule has 1 aliphatic carbocycles. The normalized spacial score (nSPS) is 17.0. The zero-order chi connectivity index (χ0) is 17.9. The van der Waals surface area contributed by atoms with Crippen LogP contribution >= 0.6 is 0 Å². The van der Waals surface area contributed by atoms with E-state index in [1.165, 1.54) is 43.4 Å². The van der Waals surface area contributed by atoms with Crippen molar-refractivity contribution in [2.45, 2.75) is 57.9 Å². The van der Waals surface area contributed by atoms with E-state index in [4.69, 9.17) is 4.98 Å². The molecule has 2 aromatic heterocycles. The van der Waals surface area contributed by atoms with Gasteiger partial charge in [-0.2, -0.15) is 0 Å². The fourth-order valence-corrected chi connectivity index (χ4v) is 3.93. The van der Waals surface area contributed by atoms with Crippen molar-refractivity contribution in [3.05, 3.63) is 47.3 Å². The summed E-state index contributed by atoms with van der Waals surface area (Å²) in [5.41, 5.74) is 4.53. The molecule has 0 atom stereocenters. The summed E-state index contributed by atoms with van der Waals surface area (Å²) in [6.07, 6.45) is 10.7. The van der Waals surface area contributed by atoms with Crippen LogP contribution in [0.5, 0.6) is 0 Å². The second kappa shape index (κ2) is 7.40. The minimum absolute atomic E-state index is 0.560. The molecule has 2 aromatic rings. The Balaban J connectivity index is 1.69. The van der Waals surface area contributed by atoms with Gasteiger partial charge in [-0.25, -0.2) is 0 Å². The van der Waals surface area contributed by atoms with Crippen molar-refractivity contribution in [2.75, 3.05) is 11.9 Å². The standard InChI is InChI=1S/C20H27N5O/c1-2-16-13-22-25-19(21-12-15-7-6-10-24(26)14-15)11-18(23-20(16)25)17-8-4-3-5-9-17/h6-7,10-11,14,17,21,26H,2-5,8-9,12-13H2,1H3/q+2. The minimum Gasteiger partial charge on any atom is -0.299 e. The number of hydrogen-bond donors (Lipinski definition) is 2. The highest BCUT2D eigenvalue weighted by molar-refractivity contribution is 5.43. The molecule has 6 nitrogen and oxygen atoms in total. The Morgan fingerprint density at radius 3 is 2.88 bits per heavy atom. The van der Waals surface area contributed by atoms with Crippen LogP contribution in [0.1, 0.15) is 62.6 Å². The molecule has 0 amide bonds. The molecule has 3 heterocycles. The maximum atomic E-state index is 9.60. The van der Waals surface area contributed by atoms with E-state index in [-0.39, 0.29) is 0 Å². The predicted octanol–water partition coefficient (Wildman–Crippen LogP) is 2.16. The lowest BCUT2D eigenvalue weighted by Gasteiger charge is -2.19. The molecule has 2 N–H and O–H groups in total. The number of pyridine rings is 1. The molecular weight excluding hydrogens is 326 g/mol. The molecule has 0 spiro atoms. The Morgan fingerprint density at radius 2 is 2.12 bits per heavy atom. The first kappa shape index (κ1) is 16.9. The van der Waals surface area contributed by atoms with Crippen LogP contribution in [0.2, 0.25) is 0 Å². The van der Waals surface area contributed by atoms with Crippen LogP contribution < -0.4 is 19.9 Å². The predicted molar refractivity (Wildman–Crippen MR) is 97.4 cm³/mol. The third-order valence-electron chi connectivity index (χ3n) is 5.44. The summed E-state index contributed by atoms with van der Waals surface area (Å²) in [7, 11) is 0. The van der Waals surface area contributed by atoms with Crippen LogP contribution in [-0.4, -0.2) is 16.7 Å². The van der Waals surface area contributed by atoms with Gasteiger partial charge in [-0.3, -0.25) is 10.5 Å². The summed E-state index contributed by atoms with van der Waals surface area (Å²) in [4.78, 5) is 5.01. The first-order valence-corrected chi connectivity index (χ1v) is 9.67. The molecule has 0 bridgehead atoms. The second-order valence-electron chi connectivity index (χ2n) is 7.24. The smallest absolute Gasteiger partial charge is 0.287 e. The Bertz CT molecular complexity index is 918. The highest BCUT2D eigenvalue weighted by Crippen LogP contribution is 2.31. The topological polar surface area (TPSA) is 67.3 Å². The number of fused-ring (bicyclic) bond motifs is 1. The van der Waals surface area contributed by atoms with Gasteiger partial charge in [0.05, 0.1) is 18.2 Å². The van der Waals surface area contributed by atoms with E-state index in [1.807, 2.05) is 16.5 Å².